The van der Waals surface area contributed by atoms with Gasteiger partial charge in [0.2, 0.25) is 17.7 Å². The molecule has 3 amide bonds. The number of carbonyl (C=O) groups is 3. The third-order valence-electron chi connectivity index (χ3n) is 4.11. The molecule has 0 bridgehead atoms. The molecule has 0 atom stereocenters. The van der Waals surface area contributed by atoms with Gasteiger partial charge in [-0.2, -0.15) is 0 Å². The molecule has 0 radical (unpaired) electrons. The van der Waals surface area contributed by atoms with E-state index in [1.165, 1.54) is 6.92 Å². The third kappa shape index (κ3) is 8.05. The predicted octanol–water partition coefficient (Wildman–Crippen LogP) is 3.70. The van der Waals surface area contributed by atoms with Gasteiger partial charge < -0.3 is 16.0 Å². The fraction of sp³-hybridized carbons (Fsp3) is 0.286. The molecule has 0 aliphatic heterocycles. The van der Waals surface area contributed by atoms with Gasteiger partial charge in [0.05, 0.1) is 12.2 Å². The lowest BCUT2D eigenvalue weighted by Crippen LogP contribution is -2.35. The normalized spacial score (nSPS) is 10.5. The molecule has 0 aliphatic carbocycles. The fourth-order valence-electron chi connectivity index (χ4n) is 2.63. The van der Waals surface area contributed by atoms with Gasteiger partial charge in [0, 0.05) is 35.7 Å². The quantitative estimate of drug-likeness (QED) is 0.531. The minimum atomic E-state index is -0.162. The highest BCUT2D eigenvalue weighted by atomic mass is 79.9. The summed E-state index contributed by atoms with van der Waals surface area (Å²) in [7, 11) is 0. The van der Waals surface area contributed by atoms with E-state index in [1.807, 2.05) is 36.1 Å². The van der Waals surface area contributed by atoms with Gasteiger partial charge in [-0.1, -0.05) is 19.1 Å². The maximum absolute atomic E-state index is 12.3. The second-order valence-corrected chi connectivity index (χ2v) is 7.31. The fourth-order valence-corrected chi connectivity index (χ4v) is 3.01. The molecule has 2 aromatic carbocycles. The second-order valence-electron chi connectivity index (χ2n) is 6.45. The van der Waals surface area contributed by atoms with Crippen LogP contribution in [0.5, 0.6) is 0 Å². The minimum Gasteiger partial charge on any atom is -0.326 e. The summed E-state index contributed by atoms with van der Waals surface area (Å²) in [6.45, 7) is 4.69. The number of nitrogens with one attached hydrogen (secondary N) is 3. The van der Waals surface area contributed by atoms with Crippen molar-refractivity contribution in [1.29, 1.82) is 0 Å². The van der Waals surface area contributed by atoms with Crippen LogP contribution in [0.4, 0.5) is 17.1 Å². The highest BCUT2D eigenvalue weighted by molar-refractivity contribution is 9.10. The molecule has 2 aromatic rings. The average molecular weight is 461 g/mol. The van der Waals surface area contributed by atoms with Crippen LogP contribution in [0.3, 0.4) is 0 Å². The molecule has 0 heterocycles. The van der Waals surface area contributed by atoms with Crippen molar-refractivity contribution in [1.82, 2.24) is 4.90 Å². The van der Waals surface area contributed by atoms with Crippen molar-refractivity contribution in [3.05, 3.63) is 53.0 Å². The first-order chi connectivity index (χ1) is 13.9. The Morgan fingerprint density at radius 1 is 0.897 bits per heavy atom. The van der Waals surface area contributed by atoms with Crippen LogP contribution >= 0.6 is 15.9 Å². The molecule has 2 rings (SSSR count). The summed E-state index contributed by atoms with van der Waals surface area (Å²) in [5.74, 6) is -0.418. The first-order valence-electron chi connectivity index (χ1n) is 9.31. The molecular weight excluding hydrogens is 436 g/mol. The first-order valence-corrected chi connectivity index (χ1v) is 10.1. The number of carbonyl (C=O) groups excluding carboxylic acids is 3. The lowest BCUT2D eigenvalue weighted by molar-refractivity contribution is -0.119. The zero-order valence-corrected chi connectivity index (χ0v) is 18.1. The average Bonchev–Trinajstić information content (AvgIpc) is 2.68. The van der Waals surface area contributed by atoms with Crippen molar-refractivity contribution < 1.29 is 14.4 Å². The number of benzene rings is 2. The molecule has 0 saturated carbocycles. The van der Waals surface area contributed by atoms with Gasteiger partial charge in [-0.25, -0.2) is 0 Å². The lowest BCUT2D eigenvalue weighted by atomic mass is 10.2. The number of amides is 3. The highest BCUT2D eigenvalue weighted by Crippen LogP contribution is 2.21. The Labute approximate surface area is 179 Å². The molecule has 0 aliphatic rings. The van der Waals surface area contributed by atoms with Gasteiger partial charge in [0.15, 0.2) is 0 Å². The van der Waals surface area contributed by atoms with Crippen molar-refractivity contribution in [2.24, 2.45) is 0 Å². The molecule has 0 saturated heterocycles. The number of halogens is 1. The van der Waals surface area contributed by atoms with Crippen molar-refractivity contribution in [2.75, 3.05) is 35.6 Å². The van der Waals surface area contributed by atoms with Crippen LogP contribution in [0.2, 0.25) is 0 Å². The van der Waals surface area contributed by atoms with Crippen LogP contribution in [-0.2, 0) is 14.4 Å². The largest absolute Gasteiger partial charge is 0.326 e. The zero-order valence-electron chi connectivity index (χ0n) is 16.5. The van der Waals surface area contributed by atoms with E-state index in [4.69, 9.17) is 0 Å². The summed E-state index contributed by atoms with van der Waals surface area (Å²) < 4.78 is 0.824. The van der Waals surface area contributed by atoms with Crippen LogP contribution in [0.15, 0.2) is 53.0 Å². The number of hydrogen-bond donors (Lipinski definition) is 3. The SMILES string of the molecule is CCN(CCC(=O)Nc1ccccc1Br)CC(=O)Nc1ccc(NC(C)=O)cc1. The monoisotopic (exact) mass is 460 g/mol. The summed E-state index contributed by atoms with van der Waals surface area (Å²) in [5, 5.41) is 8.35. The van der Waals surface area contributed by atoms with E-state index in [-0.39, 0.29) is 30.7 Å². The Bertz CT molecular complexity index is 855. The van der Waals surface area contributed by atoms with Gasteiger partial charge in [-0.05, 0) is 58.9 Å². The van der Waals surface area contributed by atoms with Gasteiger partial charge in [-0.15, -0.1) is 0 Å². The maximum Gasteiger partial charge on any atom is 0.238 e. The number of rotatable bonds is 9. The van der Waals surface area contributed by atoms with Crippen LogP contribution in [0.1, 0.15) is 20.3 Å². The summed E-state index contributed by atoms with van der Waals surface area (Å²) in [6.07, 6.45) is 0.286. The molecule has 29 heavy (non-hydrogen) atoms. The molecule has 154 valence electrons. The summed E-state index contributed by atoms with van der Waals surface area (Å²) in [4.78, 5) is 37.4. The Morgan fingerprint density at radius 3 is 2.10 bits per heavy atom. The van der Waals surface area contributed by atoms with E-state index in [1.54, 1.807) is 24.3 Å². The van der Waals surface area contributed by atoms with E-state index >= 15 is 0 Å². The standard InChI is InChI=1S/C21H25BrN4O3/c1-3-26(13-12-20(28)25-19-7-5-4-6-18(19)22)14-21(29)24-17-10-8-16(9-11-17)23-15(2)27/h4-11H,3,12-14H2,1-2H3,(H,23,27)(H,24,29)(H,25,28). The van der Waals surface area contributed by atoms with Crippen LogP contribution in [0.25, 0.3) is 0 Å². The third-order valence-corrected chi connectivity index (χ3v) is 4.80. The van der Waals surface area contributed by atoms with E-state index in [0.717, 1.165) is 10.2 Å². The van der Waals surface area contributed by atoms with Crippen molar-refractivity contribution in [2.45, 2.75) is 20.3 Å². The molecule has 0 unspecified atom stereocenters. The summed E-state index contributed by atoms with van der Waals surface area (Å²) in [6, 6.07) is 14.3. The highest BCUT2D eigenvalue weighted by Gasteiger charge is 2.12. The first kappa shape index (κ1) is 22.6. The van der Waals surface area contributed by atoms with Crippen molar-refractivity contribution in [3.63, 3.8) is 0 Å². The topological polar surface area (TPSA) is 90.5 Å². The Morgan fingerprint density at radius 2 is 1.52 bits per heavy atom. The second kappa shape index (κ2) is 11.3. The molecule has 0 fully saturated rings. The zero-order chi connectivity index (χ0) is 21.2. The van der Waals surface area contributed by atoms with Gasteiger partial charge >= 0.3 is 0 Å². The molecule has 0 spiro atoms. The number of hydrogen-bond acceptors (Lipinski definition) is 4. The van der Waals surface area contributed by atoms with E-state index in [9.17, 15) is 14.4 Å². The molecule has 8 heteroatoms. The lowest BCUT2D eigenvalue weighted by Gasteiger charge is -2.19. The summed E-state index contributed by atoms with van der Waals surface area (Å²) in [5.41, 5.74) is 2.04. The maximum atomic E-state index is 12.3. The molecule has 0 aromatic heterocycles. The van der Waals surface area contributed by atoms with Crippen LogP contribution in [-0.4, -0.2) is 42.3 Å². The summed E-state index contributed by atoms with van der Waals surface area (Å²) >= 11 is 3.40. The van der Waals surface area contributed by atoms with E-state index in [2.05, 4.69) is 31.9 Å². The molecule has 7 nitrogen and oxygen atoms in total. The Kier molecular flexibility index (Phi) is 8.82. The molecular formula is C21H25BrN4O3. The molecule has 3 N–H and O–H groups in total. The number of likely N-dealkylation sites (N-methyl/N-ethyl adjacent to an activating group) is 1. The Balaban J connectivity index is 1.79. The number of para-hydroxylation sites is 1. The van der Waals surface area contributed by atoms with E-state index in [0.29, 0.717) is 24.5 Å². The number of nitrogens with zero attached hydrogens (tertiary/aromatic N) is 1. The van der Waals surface area contributed by atoms with Crippen LogP contribution < -0.4 is 16.0 Å². The predicted molar refractivity (Wildman–Crippen MR) is 119 cm³/mol. The van der Waals surface area contributed by atoms with Gasteiger partial charge in [-0.3, -0.25) is 19.3 Å². The minimum absolute atomic E-state index is 0.107. The number of anilines is 3. The Hall–Kier alpha value is -2.71. The smallest absolute Gasteiger partial charge is 0.238 e. The van der Waals surface area contributed by atoms with Crippen molar-refractivity contribution >= 4 is 50.7 Å². The van der Waals surface area contributed by atoms with Crippen molar-refractivity contribution in [3.8, 4) is 0 Å². The van der Waals surface area contributed by atoms with Gasteiger partial charge in [0.1, 0.15) is 0 Å². The van der Waals surface area contributed by atoms with E-state index < -0.39 is 0 Å². The van der Waals surface area contributed by atoms with Gasteiger partial charge in [0.25, 0.3) is 0 Å². The van der Waals surface area contributed by atoms with Crippen LogP contribution in [0, 0.1) is 0 Å².